The lowest BCUT2D eigenvalue weighted by atomic mass is 9.97. The zero-order valence-electron chi connectivity index (χ0n) is 14.2. The Kier molecular flexibility index (Phi) is 4.41. The summed E-state index contributed by atoms with van der Waals surface area (Å²) in [6.45, 7) is 4.23. The molecule has 2 heterocycles. The van der Waals surface area contributed by atoms with Gasteiger partial charge >= 0.3 is 0 Å². The highest BCUT2D eigenvalue weighted by Gasteiger charge is 2.25. The van der Waals surface area contributed by atoms with Gasteiger partial charge in [-0.25, -0.2) is 0 Å². The number of aromatic amines is 1. The van der Waals surface area contributed by atoms with E-state index in [1.54, 1.807) is 0 Å². The van der Waals surface area contributed by atoms with E-state index in [0.29, 0.717) is 5.92 Å². The van der Waals surface area contributed by atoms with E-state index in [1.165, 1.54) is 23.1 Å². The van der Waals surface area contributed by atoms with Gasteiger partial charge in [0.2, 0.25) is 0 Å². The summed E-state index contributed by atoms with van der Waals surface area (Å²) in [7, 11) is 0. The van der Waals surface area contributed by atoms with Gasteiger partial charge in [-0.2, -0.15) is 5.26 Å². The SMILES string of the molecule is N#Cc1ccc2[nH]cc(C3CCN(CCNc4ccccc4)C3)c2c1. The predicted molar refractivity (Wildman–Crippen MR) is 102 cm³/mol. The Hall–Kier alpha value is -2.77. The molecule has 126 valence electrons. The number of fused-ring (bicyclic) bond motifs is 1. The van der Waals surface area contributed by atoms with E-state index in [0.717, 1.165) is 37.3 Å². The number of hydrogen-bond acceptors (Lipinski definition) is 3. The van der Waals surface area contributed by atoms with Crippen molar-refractivity contribution >= 4 is 16.6 Å². The molecule has 0 aliphatic carbocycles. The zero-order chi connectivity index (χ0) is 17.1. The molecule has 25 heavy (non-hydrogen) atoms. The van der Waals surface area contributed by atoms with Crippen LogP contribution < -0.4 is 5.32 Å². The predicted octanol–water partition coefficient (Wildman–Crippen LogP) is 3.94. The van der Waals surface area contributed by atoms with Crippen molar-refractivity contribution in [3.63, 3.8) is 0 Å². The molecule has 1 unspecified atom stereocenters. The van der Waals surface area contributed by atoms with E-state index in [-0.39, 0.29) is 0 Å². The second kappa shape index (κ2) is 7.00. The van der Waals surface area contributed by atoms with Gasteiger partial charge in [0.15, 0.2) is 0 Å². The maximum absolute atomic E-state index is 9.15. The fraction of sp³-hybridized carbons (Fsp3) is 0.286. The first kappa shape index (κ1) is 15.7. The van der Waals surface area contributed by atoms with Gasteiger partial charge in [0.05, 0.1) is 11.6 Å². The molecule has 0 bridgehead atoms. The molecule has 0 radical (unpaired) electrons. The van der Waals surface area contributed by atoms with Crippen LogP contribution in [0, 0.1) is 11.3 Å². The molecule has 0 amide bonds. The number of para-hydroxylation sites is 1. The van der Waals surface area contributed by atoms with Crippen LogP contribution in [-0.4, -0.2) is 36.1 Å². The Bertz CT molecular complexity index is 891. The maximum Gasteiger partial charge on any atom is 0.0991 e. The molecule has 1 aromatic heterocycles. The van der Waals surface area contributed by atoms with Gasteiger partial charge in [-0.3, -0.25) is 0 Å². The number of rotatable bonds is 5. The standard InChI is InChI=1S/C21H22N4/c22-13-16-6-7-21-19(12-16)20(14-24-21)17-8-10-25(15-17)11-9-23-18-4-2-1-3-5-18/h1-7,12,14,17,23-24H,8-11,15H2. The smallest absolute Gasteiger partial charge is 0.0991 e. The van der Waals surface area contributed by atoms with Crippen molar-refractivity contribution in [1.82, 2.24) is 9.88 Å². The van der Waals surface area contributed by atoms with Crippen molar-refractivity contribution in [3.05, 3.63) is 65.9 Å². The highest BCUT2D eigenvalue weighted by molar-refractivity contribution is 5.85. The lowest BCUT2D eigenvalue weighted by molar-refractivity contribution is 0.348. The van der Waals surface area contributed by atoms with Crippen molar-refractivity contribution < 1.29 is 0 Å². The Morgan fingerprint density at radius 3 is 2.92 bits per heavy atom. The summed E-state index contributed by atoms with van der Waals surface area (Å²) in [6, 6.07) is 18.5. The molecule has 1 aliphatic heterocycles. The van der Waals surface area contributed by atoms with Gasteiger partial charge in [-0.15, -0.1) is 0 Å². The lowest BCUT2D eigenvalue weighted by Gasteiger charge is -2.16. The third kappa shape index (κ3) is 3.38. The molecule has 4 nitrogen and oxygen atoms in total. The molecule has 4 heteroatoms. The summed E-state index contributed by atoms with van der Waals surface area (Å²) in [5, 5.41) is 13.8. The Balaban J connectivity index is 1.38. The summed E-state index contributed by atoms with van der Waals surface area (Å²) < 4.78 is 0. The van der Waals surface area contributed by atoms with E-state index in [4.69, 9.17) is 5.26 Å². The average molecular weight is 330 g/mol. The van der Waals surface area contributed by atoms with Gasteiger partial charge in [0.25, 0.3) is 0 Å². The number of benzene rings is 2. The first-order chi connectivity index (χ1) is 12.3. The molecule has 1 fully saturated rings. The van der Waals surface area contributed by atoms with Gasteiger partial charge < -0.3 is 15.2 Å². The van der Waals surface area contributed by atoms with Crippen molar-refractivity contribution in [3.8, 4) is 6.07 Å². The van der Waals surface area contributed by atoms with Crippen molar-refractivity contribution in [2.24, 2.45) is 0 Å². The molecule has 0 spiro atoms. The van der Waals surface area contributed by atoms with Crippen LogP contribution in [0.25, 0.3) is 10.9 Å². The Labute approximate surface area is 148 Å². The molecular weight excluding hydrogens is 308 g/mol. The lowest BCUT2D eigenvalue weighted by Crippen LogP contribution is -2.26. The second-order valence-electron chi connectivity index (χ2n) is 6.70. The molecule has 1 aliphatic rings. The topological polar surface area (TPSA) is 54.9 Å². The monoisotopic (exact) mass is 330 g/mol. The number of aromatic nitrogens is 1. The second-order valence-corrected chi connectivity index (χ2v) is 6.70. The van der Waals surface area contributed by atoms with E-state index >= 15 is 0 Å². The number of nitrogens with zero attached hydrogens (tertiary/aromatic N) is 2. The summed E-state index contributed by atoms with van der Waals surface area (Å²) in [6.07, 6.45) is 3.30. The quantitative estimate of drug-likeness (QED) is 0.745. The Morgan fingerprint density at radius 1 is 1.20 bits per heavy atom. The van der Waals surface area contributed by atoms with Crippen LogP contribution in [0.5, 0.6) is 0 Å². The van der Waals surface area contributed by atoms with Gasteiger partial charge in [-0.1, -0.05) is 18.2 Å². The van der Waals surface area contributed by atoms with Crippen LogP contribution in [-0.2, 0) is 0 Å². The van der Waals surface area contributed by atoms with Crippen molar-refractivity contribution in [1.29, 1.82) is 5.26 Å². The third-order valence-corrected chi connectivity index (χ3v) is 5.09. The van der Waals surface area contributed by atoms with E-state index < -0.39 is 0 Å². The summed E-state index contributed by atoms with van der Waals surface area (Å²) >= 11 is 0. The summed E-state index contributed by atoms with van der Waals surface area (Å²) in [5.41, 5.74) is 4.39. The number of anilines is 1. The van der Waals surface area contributed by atoms with E-state index in [2.05, 4.69) is 51.7 Å². The largest absolute Gasteiger partial charge is 0.384 e. The van der Waals surface area contributed by atoms with Crippen molar-refractivity contribution in [2.45, 2.75) is 12.3 Å². The summed E-state index contributed by atoms with van der Waals surface area (Å²) in [5.74, 6) is 0.541. The van der Waals surface area contributed by atoms with Crippen LogP contribution in [0.3, 0.4) is 0 Å². The first-order valence-corrected chi connectivity index (χ1v) is 8.86. The number of nitrogens with one attached hydrogen (secondary N) is 2. The minimum Gasteiger partial charge on any atom is -0.384 e. The molecular formula is C21H22N4. The minimum atomic E-state index is 0.541. The molecule has 1 saturated heterocycles. The molecule has 3 aromatic rings. The number of H-pyrrole nitrogens is 1. The third-order valence-electron chi connectivity index (χ3n) is 5.09. The summed E-state index contributed by atoms with van der Waals surface area (Å²) in [4.78, 5) is 5.88. The van der Waals surface area contributed by atoms with Gasteiger partial charge in [0.1, 0.15) is 0 Å². The molecule has 0 saturated carbocycles. The number of hydrogen-bond donors (Lipinski definition) is 2. The average Bonchev–Trinajstić information content (AvgIpc) is 3.28. The number of nitriles is 1. The van der Waals surface area contributed by atoms with E-state index in [9.17, 15) is 0 Å². The zero-order valence-corrected chi connectivity index (χ0v) is 14.2. The van der Waals surface area contributed by atoms with Crippen molar-refractivity contribution in [2.75, 3.05) is 31.5 Å². The van der Waals surface area contributed by atoms with Gasteiger partial charge in [-0.05, 0) is 54.8 Å². The van der Waals surface area contributed by atoms with Crippen LogP contribution in [0.1, 0.15) is 23.5 Å². The molecule has 2 N–H and O–H groups in total. The van der Waals surface area contributed by atoms with Crippen LogP contribution >= 0.6 is 0 Å². The minimum absolute atomic E-state index is 0.541. The highest BCUT2D eigenvalue weighted by atomic mass is 15.2. The normalized spacial score (nSPS) is 17.6. The molecule has 1 atom stereocenters. The van der Waals surface area contributed by atoms with Crippen LogP contribution in [0.15, 0.2) is 54.7 Å². The van der Waals surface area contributed by atoms with E-state index in [1.807, 2.05) is 24.3 Å². The maximum atomic E-state index is 9.15. The van der Waals surface area contributed by atoms with Crippen LogP contribution in [0.4, 0.5) is 5.69 Å². The molecule has 4 rings (SSSR count). The molecule has 2 aromatic carbocycles. The number of likely N-dealkylation sites (tertiary alicyclic amines) is 1. The van der Waals surface area contributed by atoms with Crippen LogP contribution in [0.2, 0.25) is 0 Å². The Morgan fingerprint density at radius 2 is 2.08 bits per heavy atom. The fourth-order valence-corrected chi connectivity index (χ4v) is 3.75. The highest BCUT2D eigenvalue weighted by Crippen LogP contribution is 2.32. The fourth-order valence-electron chi connectivity index (χ4n) is 3.75. The first-order valence-electron chi connectivity index (χ1n) is 8.86. The van der Waals surface area contributed by atoms with Gasteiger partial charge in [0, 0.05) is 42.4 Å².